The monoisotopic (exact) mass is 136 g/mol. The van der Waals surface area contributed by atoms with Crippen molar-refractivity contribution in [3.63, 3.8) is 0 Å². The van der Waals surface area contributed by atoms with Crippen LogP contribution in [0.25, 0.3) is 0 Å². The van der Waals surface area contributed by atoms with Gasteiger partial charge in [0.25, 0.3) is 0 Å². The SMILES string of the molecule is [CH3][AlH][O][AlH2].[Ti]. The molecule has 0 radical (unpaired) electrons. The van der Waals surface area contributed by atoms with Crippen molar-refractivity contribution in [3.8, 4) is 0 Å². The number of hydrogen-bond acceptors (Lipinski definition) is 1. The first-order valence-electron chi connectivity index (χ1n) is 1.40. The van der Waals surface area contributed by atoms with Crippen LogP contribution in [0.4, 0.5) is 0 Å². The van der Waals surface area contributed by atoms with E-state index in [1.165, 1.54) is 0 Å². The van der Waals surface area contributed by atoms with Crippen molar-refractivity contribution >= 4 is 32.2 Å². The smallest absolute Gasteiger partial charge is 0.401 e. The molecule has 0 saturated carbocycles. The molecule has 0 bridgehead atoms. The van der Waals surface area contributed by atoms with Gasteiger partial charge >= 0.3 is 32.2 Å². The third-order valence-electron chi connectivity index (χ3n) is 0.289. The second kappa shape index (κ2) is 9.22. The molecule has 0 aliphatic carbocycles. The summed E-state index contributed by atoms with van der Waals surface area (Å²) in [6, 6.07) is 0. The predicted molar refractivity (Wildman–Crippen MR) is 22.6 cm³/mol. The summed E-state index contributed by atoms with van der Waals surface area (Å²) >= 11 is 0.938. The Labute approximate surface area is 62.2 Å². The molecule has 0 aromatic rings. The van der Waals surface area contributed by atoms with Gasteiger partial charge in [0.2, 0.25) is 0 Å². The largest absolute Gasteiger partial charge is 0.645 e. The molecular formula is CH6Al2OTi. The summed E-state index contributed by atoms with van der Waals surface area (Å²) in [7, 11) is 0. The molecule has 0 rings (SSSR count). The Morgan fingerprint density at radius 1 is 1.80 bits per heavy atom. The van der Waals surface area contributed by atoms with E-state index in [1.807, 2.05) is 0 Å². The first kappa shape index (κ1) is 9.88. The van der Waals surface area contributed by atoms with Gasteiger partial charge in [-0.05, 0) is 0 Å². The van der Waals surface area contributed by atoms with Gasteiger partial charge < -0.3 is 2.84 Å². The molecule has 5 heavy (non-hydrogen) atoms. The Bertz CT molecular complexity index is 11.6. The van der Waals surface area contributed by atoms with Gasteiger partial charge in [-0.1, -0.05) is 5.79 Å². The Hall–Kier alpha value is 1.74. The third kappa shape index (κ3) is 10.7. The zero-order valence-corrected chi connectivity index (χ0v) is 8.59. The van der Waals surface area contributed by atoms with E-state index in [9.17, 15) is 0 Å². The molecule has 0 aromatic carbocycles. The molecule has 1 nitrogen and oxygen atoms in total. The molecule has 26 valence electrons. The van der Waals surface area contributed by atoms with E-state index in [0.717, 1.165) is 16.6 Å². The van der Waals surface area contributed by atoms with E-state index in [0.29, 0.717) is 0 Å². The molecule has 0 N–H and O–H groups in total. The molecule has 0 heterocycles. The first-order chi connectivity index (χ1) is 1.91. The Balaban J connectivity index is 0. The van der Waals surface area contributed by atoms with Gasteiger partial charge in [0.1, 0.15) is 0 Å². The van der Waals surface area contributed by atoms with Crippen LogP contribution in [0.15, 0.2) is 0 Å². The van der Waals surface area contributed by atoms with Crippen LogP contribution in [-0.4, -0.2) is 32.2 Å². The van der Waals surface area contributed by atoms with E-state index in [2.05, 4.69) is 5.79 Å². The summed E-state index contributed by atoms with van der Waals surface area (Å²) in [5, 5.41) is 0. The molecule has 0 unspecified atom stereocenters. The van der Waals surface area contributed by atoms with E-state index in [-0.39, 0.29) is 37.3 Å². The second-order valence-electron chi connectivity index (χ2n) is 0.577. The van der Waals surface area contributed by atoms with Crippen LogP contribution in [-0.2, 0) is 24.6 Å². The first-order valence-corrected chi connectivity index (χ1v) is 4.21. The van der Waals surface area contributed by atoms with Gasteiger partial charge in [-0.15, -0.1) is 0 Å². The molecule has 0 amide bonds. The topological polar surface area (TPSA) is 9.23 Å². The summed E-state index contributed by atoms with van der Waals surface area (Å²) in [5.41, 5.74) is 0. The summed E-state index contributed by atoms with van der Waals surface area (Å²) in [6.45, 7) is 0. The van der Waals surface area contributed by atoms with Crippen LogP contribution in [0.2, 0.25) is 5.79 Å². The summed E-state index contributed by atoms with van der Waals surface area (Å²) in [5.74, 6) is 2.13. The molecule has 0 atom stereocenters. The average molecular weight is 136 g/mol. The van der Waals surface area contributed by atoms with E-state index >= 15 is 0 Å². The molecule has 4 heteroatoms. The van der Waals surface area contributed by atoms with Gasteiger partial charge in [0, 0.05) is 21.7 Å². The quantitative estimate of drug-likeness (QED) is 0.418. The van der Waals surface area contributed by atoms with Gasteiger partial charge in [-0.2, -0.15) is 0 Å². The van der Waals surface area contributed by atoms with Crippen molar-refractivity contribution < 1.29 is 24.6 Å². The van der Waals surface area contributed by atoms with Gasteiger partial charge in [0.05, 0.1) is 0 Å². The fourth-order valence-electron chi connectivity index (χ4n) is 0. The summed E-state index contributed by atoms with van der Waals surface area (Å²) in [4.78, 5) is 0. The van der Waals surface area contributed by atoms with Crippen LogP contribution in [0, 0.1) is 0 Å². The predicted octanol–water partition coefficient (Wildman–Crippen LogP) is -1.05. The molecule has 0 aliphatic rings. The summed E-state index contributed by atoms with van der Waals surface area (Å²) in [6.07, 6.45) is 0. The van der Waals surface area contributed by atoms with Crippen LogP contribution in [0.3, 0.4) is 0 Å². The normalized spacial score (nSPS) is 5.00. The minimum Gasteiger partial charge on any atom is -0.645 e. The second-order valence-corrected chi connectivity index (χ2v) is 3.46. The standard InChI is InChI=1S/CH3.2Al.O.Ti.3H/h1H3;;;;;;;. The van der Waals surface area contributed by atoms with Crippen LogP contribution < -0.4 is 0 Å². The number of hydrogen-bond donors (Lipinski definition) is 0. The molecular weight excluding hydrogens is 130 g/mol. The minimum absolute atomic E-state index is 0. The van der Waals surface area contributed by atoms with Crippen molar-refractivity contribution in [3.05, 3.63) is 0 Å². The van der Waals surface area contributed by atoms with Crippen molar-refractivity contribution in [2.24, 2.45) is 0 Å². The maximum absolute atomic E-state index is 4.82. The van der Waals surface area contributed by atoms with Gasteiger partial charge in [-0.25, -0.2) is 0 Å². The molecule has 0 aromatic heterocycles. The van der Waals surface area contributed by atoms with Crippen molar-refractivity contribution in [2.75, 3.05) is 0 Å². The number of rotatable bonds is 1. The molecule has 0 aliphatic heterocycles. The molecule has 0 saturated heterocycles. The fourth-order valence-corrected chi connectivity index (χ4v) is 0. The van der Waals surface area contributed by atoms with Crippen molar-refractivity contribution in [1.29, 1.82) is 0 Å². The Morgan fingerprint density at radius 3 is 2.00 bits per heavy atom. The third-order valence-corrected chi connectivity index (χ3v) is 2.60. The summed E-state index contributed by atoms with van der Waals surface area (Å²) < 4.78 is 4.82. The minimum atomic E-state index is -0.0139. The van der Waals surface area contributed by atoms with Gasteiger partial charge in [0.15, 0.2) is 0 Å². The van der Waals surface area contributed by atoms with Gasteiger partial charge in [-0.3, -0.25) is 0 Å². The van der Waals surface area contributed by atoms with Crippen LogP contribution in [0.5, 0.6) is 0 Å². The maximum atomic E-state index is 4.82. The Kier molecular flexibility index (Phi) is 18.2. The molecule has 0 spiro atoms. The van der Waals surface area contributed by atoms with E-state index in [1.54, 1.807) is 0 Å². The van der Waals surface area contributed by atoms with Crippen LogP contribution >= 0.6 is 0 Å². The fraction of sp³-hybridized carbons (Fsp3) is 1.00. The Morgan fingerprint density at radius 2 is 2.00 bits per heavy atom. The van der Waals surface area contributed by atoms with Crippen molar-refractivity contribution in [1.82, 2.24) is 0 Å². The average Bonchev–Trinajstić information content (AvgIpc) is 1.37. The molecule has 0 fully saturated rings. The maximum Gasteiger partial charge on any atom is 0.401 e. The zero-order chi connectivity index (χ0) is 3.41. The van der Waals surface area contributed by atoms with E-state index in [4.69, 9.17) is 2.84 Å². The van der Waals surface area contributed by atoms with E-state index < -0.39 is 0 Å². The van der Waals surface area contributed by atoms with Crippen molar-refractivity contribution in [2.45, 2.75) is 5.79 Å². The zero-order valence-electron chi connectivity index (χ0n) is 3.62. The van der Waals surface area contributed by atoms with Crippen LogP contribution in [0.1, 0.15) is 0 Å².